The summed E-state index contributed by atoms with van der Waals surface area (Å²) in [6, 6.07) is 10.9. The molecule has 0 radical (unpaired) electrons. The van der Waals surface area contributed by atoms with E-state index in [4.69, 9.17) is 0 Å². The number of hydrogen-bond donors (Lipinski definition) is 1. The van der Waals surface area contributed by atoms with Gasteiger partial charge in [-0.2, -0.15) is 0 Å². The second-order valence-electron chi connectivity index (χ2n) is 5.00. The third-order valence-electron chi connectivity index (χ3n) is 3.57. The first-order valence-electron chi connectivity index (χ1n) is 7.34. The summed E-state index contributed by atoms with van der Waals surface area (Å²) in [5.41, 5.74) is 2.79. The third kappa shape index (κ3) is 3.79. The van der Waals surface area contributed by atoms with Crippen LogP contribution in [0, 0.1) is 5.82 Å². The van der Waals surface area contributed by atoms with E-state index in [0.29, 0.717) is 0 Å². The zero-order valence-corrected chi connectivity index (χ0v) is 12.8. The second-order valence-corrected chi connectivity index (χ2v) is 5.00. The van der Waals surface area contributed by atoms with Crippen LogP contribution in [0.2, 0.25) is 0 Å². The summed E-state index contributed by atoms with van der Waals surface area (Å²) in [7, 11) is 1.91. The minimum Gasteiger partial charge on any atom is -0.343 e. The summed E-state index contributed by atoms with van der Waals surface area (Å²) in [6.45, 7) is 5.15. The molecular weight excluding hydrogens is 265 g/mol. The monoisotopic (exact) mass is 287 g/mol. The molecule has 1 aromatic carbocycles. The van der Waals surface area contributed by atoms with Crippen LogP contribution in [-0.4, -0.2) is 18.6 Å². The Morgan fingerprint density at radius 3 is 2.57 bits per heavy atom. The van der Waals surface area contributed by atoms with Gasteiger partial charge in [0.25, 0.3) is 0 Å². The smallest absolute Gasteiger partial charge is 0.125 e. The number of aromatic nitrogens is 1. The van der Waals surface area contributed by atoms with Gasteiger partial charge in [-0.3, -0.25) is 4.98 Å². The van der Waals surface area contributed by atoms with Gasteiger partial charge in [0.15, 0.2) is 0 Å². The summed E-state index contributed by atoms with van der Waals surface area (Å²) in [5.74, 6) is -0.234. The molecule has 0 aliphatic rings. The fourth-order valence-corrected chi connectivity index (χ4v) is 2.34. The standard InChI is InChI=1S/C17H22FN3/c1-4-16(19-5-2)17-10-9-15(12-20-17)21(3)14-8-6-7-13(18)11-14/h6-12,16,19H,4-5H2,1-3H3. The average molecular weight is 287 g/mol. The minimum atomic E-state index is -0.234. The lowest BCUT2D eigenvalue weighted by Gasteiger charge is -2.21. The predicted octanol–water partition coefficient (Wildman–Crippen LogP) is 4.05. The van der Waals surface area contributed by atoms with Crippen molar-refractivity contribution in [3.8, 4) is 0 Å². The van der Waals surface area contributed by atoms with Crippen LogP contribution in [0.4, 0.5) is 15.8 Å². The van der Waals surface area contributed by atoms with E-state index in [9.17, 15) is 4.39 Å². The van der Waals surface area contributed by atoms with Crippen LogP contribution in [0.5, 0.6) is 0 Å². The second kappa shape index (κ2) is 7.18. The van der Waals surface area contributed by atoms with E-state index < -0.39 is 0 Å². The predicted molar refractivity (Wildman–Crippen MR) is 85.4 cm³/mol. The maximum Gasteiger partial charge on any atom is 0.125 e. The van der Waals surface area contributed by atoms with Crippen molar-refractivity contribution in [2.24, 2.45) is 0 Å². The summed E-state index contributed by atoms with van der Waals surface area (Å²) in [6.07, 6.45) is 2.83. The Bertz CT molecular complexity index is 569. The molecule has 0 aliphatic heterocycles. The zero-order valence-electron chi connectivity index (χ0n) is 12.8. The van der Waals surface area contributed by atoms with Gasteiger partial charge < -0.3 is 10.2 Å². The number of nitrogens with zero attached hydrogens (tertiary/aromatic N) is 2. The molecule has 1 aromatic heterocycles. The average Bonchev–Trinajstić information content (AvgIpc) is 2.52. The Kier molecular flexibility index (Phi) is 5.28. The SMILES string of the molecule is CCNC(CC)c1ccc(N(C)c2cccc(F)c2)cn1. The number of hydrogen-bond acceptors (Lipinski definition) is 3. The fourth-order valence-electron chi connectivity index (χ4n) is 2.34. The maximum absolute atomic E-state index is 13.3. The topological polar surface area (TPSA) is 28.2 Å². The normalized spacial score (nSPS) is 12.2. The largest absolute Gasteiger partial charge is 0.343 e. The van der Waals surface area contributed by atoms with E-state index in [1.54, 1.807) is 6.07 Å². The van der Waals surface area contributed by atoms with Gasteiger partial charge in [0.05, 0.1) is 17.6 Å². The Morgan fingerprint density at radius 1 is 1.19 bits per heavy atom. The number of nitrogens with one attached hydrogen (secondary N) is 1. The summed E-state index contributed by atoms with van der Waals surface area (Å²) in [5, 5.41) is 3.41. The molecule has 3 nitrogen and oxygen atoms in total. The van der Waals surface area contributed by atoms with Crippen molar-refractivity contribution in [2.75, 3.05) is 18.5 Å². The van der Waals surface area contributed by atoms with Crippen LogP contribution < -0.4 is 10.2 Å². The number of anilines is 2. The van der Waals surface area contributed by atoms with Crippen molar-refractivity contribution in [1.82, 2.24) is 10.3 Å². The molecule has 112 valence electrons. The van der Waals surface area contributed by atoms with E-state index >= 15 is 0 Å². The first-order chi connectivity index (χ1) is 10.2. The van der Waals surface area contributed by atoms with Crippen molar-refractivity contribution in [2.45, 2.75) is 26.3 Å². The molecule has 1 heterocycles. The van der Waals surface area contributed by atoms with E-state index in [0.717, 1.165) is 30.0 Å². The molecule has 0 amide bonds. The molecule has 0 saturated carbocycles. The van der Waals surface area contributed by atoms with Crippen LogP contribution in [0.25, 0.3) is 0 Å². The Hall–Kier alpha value is -1.94. The molecule has 0 spiro atoms. The molecule has 4 heteroatoms. The molecular formula is C17H22FN3. The van der Waals surface area contributed by atoms with Crippen LogP contribution >= 0.6 is 0 Å². The van der Waals surface area contributed by atoms with Crippen LogP contribution in [0.3, 0.4) is 0 Å². The van der Waals surface area contributed by atoms with Crippen LogP contribution in [0.1, 0.15) is 32.0 Å². The molecule has 1 N–H and O–H groups in total. The Morgan fingerprint density at radius 2 is 2.00 bits per heavy atom. The quantitative estimate of drug-likeness (QED) is 0.868. The van der Waals surface area contributed by atoms with Gasteiger partial charge in [0, 0.05) is 18.8 Å². The third-order valence-corrected chi connectivity index (χ3v) is 3.57. The molecule has 2 rings (SSSR count). The van der Waals surface area contributed by atoms with Crippen molar-refractivity contribution in [3.63, 3.8) is 0 Å². The summed E-state index contributed by atoms with van der Waals surface area (Å²) < 4.78 is 13.3. The molecule has 0 fully saturated rings. The lowest BCUT2D eigenvalue weighted by molar-refractivity contribution is 0.525. The van der Waals surface area contributed by atoms with Gasteiger partial charge in [0.2, 0.25) is 0 Å². The van der Waals surface area contributed by atoms with Crippen LogP contribution in [0.15, 0.2) is 42.6 Å². The van der Waals surface area contributed by atoms with Crippen LogP contribution in [-0.2, 0) is 0 Å². The summed E-state index contributed by atoms with van der Waals surface area (Å²) >= 11 is 0. The molecule has 0 bridgehead atoms. The van der Waals surface area contributed by atoms with E-state index in [-0.39, 0.29) is 11.9 Å². The molecule has 1 atom stereocenters. The van der Waals surface area contributed by atoms with Gasteiger partial charge in [-0.25, -0.2) is 4.39 Å². The van der Waals surface area contributed by atoms with E-state index in [1.807, 2.05) is 36.3 Å². The van der Waals surface area contributed by atoms with Gasteiger partial charge in [-0.1, -0.05) is 19.9 Å². The maximum atomic E-state index is 13.3. The highest BCUT2D eigenvalue weighted by molar-refractivity contribution is 5.61. The molecule has 21 heavy (non-hydrogen) atoms. The Balaban J connectivity index is 2.18. The van der Waals surface area contributed by atoms with Crippen molar-refractivity contribution < 1.29 is 4.39 Å². The van der Waals surface area contributed by atoms with Crippen molar-refractivity contribution in [1.29, 1.82) is 0 Å². The lowest BCUT2D eigenvalue weighted by Crippen LogP contribution is -2.21. The van der Waals surface area contributed by atoms with Crippen molar-refractivity contribution >= 4 is 11.4 Å². The van der Waals surface area contributed by atoms with E-state index in [1.165, 1.54) is 12.1 Å². The van der Waals surface area contributed by atoms with Gasteiger partial charge in [-0.15, -0.1) is 0 Å². The highest BCUT2D eigenvalue weighted by Gasteiger charge is 2.10. The number of pyridine rings is 1. The molecule has 0 aliphatic carbocycles. The van der Waals surface area contributed by atoms with Gasteiger partial charge in [-0.05, 0) is 43.3 Å². The molecule has 2 aromatic rings. The van der Waals surface area contributed by atoms with E-state index in [2.05, 4.69) is 24.1 Å². The summed E-state index contributed by atoms with van der Waals surface area (Å²) in [4.78, 5) is 6.46. The minimum absolute atomic E-state index is 0.234. The fraction of sp³-hybridized carbons (Fsp3) is 0.353. The highest BCUT2D eigenvalue weighted by Crippen LogP contribution is 2.24. The lowest BCUT2D eigenvalue weighted by atomic mass is 10.1. The highest BCUT2D eigenvalue weighted by atomic mass is 19.1. The van der Waals surface area contributed by atoms with Gasteiger partial charge >= 0.3 is 0 Å². The number of halogens is 1. The molecule has 1 unspecified atom stereocenters. The number of rotatable bonds is 6. The Labute approximate surface area is 125 Å². The zero-order chi connectivity index (χ0) is 15.2. The van der Waals surface area contributed by atoms with Crippen molar-refractivity contribution in [3.05, 3.63) is 54.1 Å². The number of benzene rings is 1. The molecule has 0 saturated heterocycles. The first kappa shape index (κ1) is 15.4. The first-order valence-corrected chi connectivity index (χ1v) is 7.34. The van der Waals surface area contributed by atoms with Gasteiger partial charge in [0.1, 0.15) is 5.82 Å².